The summed E-state index contributed by atoms with van der Waals surface area (Å²) in [7, 11) is 1.58. The predicted molar refractivity (Wildman–Crippen MR) is 71.8 cm³/mol. The highest BCUT2D eigenvalue weighted by atomic mass is 32.2. The maximum absolute atomic E-state index is 10.8. The van der Waals surface area contributed by atoms with Gasteiger partial charge in [0, 0.05) is 12.7 Å². The monoisotopic (exact) mass is 270 g/mol. The number of aryl methyl sites for hydroxylation is 1. The Morgan fingerprint density at radius 3 is 2.61 bits per heavy atom. The number of ether oxygens (including phenoxy) is 1. The van der Waals surface area contributed by atoms with Crippen LogP contribution in [0, 0.1) is 6.92 Å². The Morgan fingerprint density at radius 1 is 1.44 bits per heavy atom. The second-order valence-corrected chi connectivity index (χ2v) is 5.24. The van der Waals surface area contributed by atoms with Crippen LogP contribution in [0.4, 0.5) is 0 Å². The van der Waals surface area contributed by atoms with E-state index in [2.05, 4.69) is 0 Å². The standard InChI is InChI=1S/C13H18O4S/c1-8-6-10(4-5-12(8)17-3)13(16)11(15)7-18-9(2)14/h4-6,11,13,15-16H,7H2,1-3H3. The first-order valence-corrected chi connectivity index (χ1v) is 6.58. The Labute approximate surface area is 111 Å². The molecule has 0 fully saturated rings. The normalized spacial score (nSPS) is 14.1. The summed E-state index contributed by atoms with van der Waals surface area (Å²) in [5.41, 5.74) is 1.51. The van der Waals surface area contributed by atoms with Crippen molar-refractivity contribution in [3.05, 3.63) is 29.3 Å². The Morgan fingerprint density at radius 2 is 2.11 bits per heavy atom. The molecule has 0 radical (unpaired) electrons. The summed E-state index contributed by atoms with van der Waals surface area (Å²) in [4.78, 5) is 10.8. The number of aliphatic hydroxyl groups excluding tert-OH is 2. The highest BCUT2D eigenvalue weighted by molar-refractivity contribution is 8.13. The van der Waals surface area contributed by atoms with Crippen molar-refractivity contribution in [2.24, 2.45) is 0 Å². The molecule has 2 unspecified atom stereocenters. The van der Waals surface area contributed by atoms with E-state index in [0.29, 0.717) is 5.56 Å². The molecular weight excluding hydrogens is 252 g/mol. The van der Waals surface area contributed by atoms with Gasteiger partial charge in [-0.2, -0.15) is 0 Å². The third-order valence-corrected chi connectivity index (χ3v) is 3.50. The maximum Gasteiger partial charge on any atom is 0.185 e. The van der Waals surface area contributed by atoms with Crippen LogP contribution in [-0.2, 0) is 4.79 Å². The third kappa shape index (κ3) is 4.01. The first-order valence-electron chi connectivity index (χ1n) is 5.59. The van der Waals surface area contributed by atoms with Crippen LogP contribution in [0.15, 0.2) is 18.2 Å². The molecule has 18 heavy (non-hydrogen) atoms. The molecule has 0 aliphatic rings. The van der Waals surface area contributed by atoms with Crippen molar-refractivity contribution in [3.8, 4) is 5.75 Å². The molecule has 100 valence electrons. The fraction of sp³-hybridized carbons (Fsp3) is 0.462. The van der Waals surface area contributed by atoms with Crippen molar-refractivity contribution in [2.75, 3.05) is 12.9 Å². The smallest absolute Gasteiger partial charge is 0.185 e. The Balaban J connectivity index is 2.74. The molecule has 5 heteroatoms. The van der Waals surface area contributed by atoms with E-state index in [1.54, 1.807) is 25.3 Å². The minimum absolute atomic E-state index is 0.0767. The van der Waals surface area contributed by atoms with Gasteiger partial charge in [-0.15, -0.1) is 0 Å². The minimum Gasteiger partial charge on any atom is -0.496 e. The molecule has 4 nitrogen and oxygen atoms in total. The maximum atomic E-state index is 10.8. The molecule has 1 rings (SSSR count). The molecule has 0 aliphatic carbocycles. The lowest BCUT2D eigenvalue weighted by Gasteiger charge is -2.18. The molecule has 1 aromatic carbocycles. The summed E-state index contributed by atoms with van der Waals surface area (Å²) in [5.74, 6) is 0.917. The molecule has 0 spiro atoms. The summed E-state index contributed by atoms with van der Waals surface area (Å²) in [6, 6.07) is 5.22. The number of thioether (sulfide) groups is 1. The fourth-order valence-corrected chi connectivity index (χ4v) is 2.19. The zero-order valence-corrected chi connectivity index (χ0v) is 11.5. The Hall–Kier alpha value is -1.04. The van der Waals surface area contributed by atoms with Crippen molar-refractivity contribution >= 4 is 16.9 Å². The van der Waals surface area contributed by atoms with E-state index in [1.165, 1.54) is 6.92 Å². The van der Waals surface area contributed by atoms with Gasteiger partial charge in [-0.05, 0) is 30.2 Å². The van der Waals surface area contributed by atoms with Crippen LogP contribution in [0.2, 0.25) is 0 Å². The minimum atomic E-state index is -0.999. The van der Waals surface area contributed by atoms with E-state index < -0.39 is 12.2 Å². The first kappa shape index (κ1) is 15.0. The first-order chi connectivity index (χ1) is 8.45. The van der Waals surface area contributed by atoms with Crippen molar-refractivity contribution in [1.82, 2.24) is 0 Å². The highest BCUT2D eigenvalue weighted by Crippen LogP contribution is 2.25. The molecule has 2 N–H and O–H groups in total. The van der Waals surface area contributed by atoms with Crippen molar-refractivity contribution < 1.29 is 19.7 Å². The zero-order chi connectivity index (χ0) is 13.7. The van der Waals surface area contributed by atoms with Gasteiger partial charge in [0.25, 0.3) is 0 Å². The summed E-state index contributed by atoms with van der Waals surface area (Å²) in [6.07, 6.45) is -1.96. The number of carbonyl (C=O) groups excluding carboxylic acids is 1. The van der Waals surface area contributed by atoms with Crippen molar-refractivity contribution in [1.29, 1.82) is 0 Å². The number of carbonyl (C=O) groups is 1. The van der Waals surface area contributed by atoms with E-state index in [0.717, 1.165) is 23.1 Å². The topological polar surface area (TPSA) is 66.8 Å². The molecular formula is C13H18O4S. The lowest BCUT2D eigenvalue weighted by molar-refractivity contribution is -0.109. The molecule has 0 aliphatic heterocycles. The molecule has 2 atom stereocenters. The van der Waals surface area contributed by atoms with Gasteiger partial charge in [-0.1, -0.05) is 17.8 Å². The van der Waals surface area contributed by atoms with Gasteiger partial charge in [0.2, 0.25) is 0 Å². The Kier molecular flexibility index (Phi) is 5.65. The summed E-state index contributed by atoms with van der Waals surface area (Å²) in [5, 5.41) is 19.7. The second kappa shape index (κ2) is 6.78. The summed E-state index contributed by atoms with van der Waals surface area (Å²) in [6.45, 7) is 3.30. The van der Waals surface area contributed by atoms with Gasteiger partial charge in [0.05, 0.1) is 13.2 Å². The van der Waals surface area contributed by atoms with E-state index in [-0.39, 0.29) is 10.9 Å². The molecule has 1 aromatic rings. The number of hydrogen-bond acceptors (Lipinski definition) is 5. The average molecular weight is 270 g/mol. The number of benzene rings is 1. The SMILES string of the molecule is COc1ccc(C(O)C(O)CSC(C)=O)cc1C. The van der Waals surface area contributed by atoms with Gasteiger partial charge in [-0.25, -0.2) is 0 Å². The van der Waals surface area contributed by atoms with Crippen molar-refractivity contribution in [2.45, 2.75) is 26.1 Å². The van der Waals surface area contributed by atoms with E-state index in [9.17, 15) is 15.0 Å². The van der Waals surface area contributed by atoms with E-state index in [4.69, 9.17) is 4.74 Å². The Bertz CT molecular complexity index is 419. The van der Waals surface area contributed by atoms with Crippen LogP contribution < -0.4 is 4.74 Å². The molecule has 0 saturated heterocycles. The zero-order valence-electron chi connectivity index (χ0n) is 10.7. The third-order valence-electron chi connectivity index (χ3n) is 2.58. The van der Waals surface area contributed by atoms with Crippen LogP contribution in [0.5, 0.6) is 5.75 Å². The van der Waals surface area contributed by atoms with Crippen LogP contribution in [0.25, 0.3) is 0 Å². The second-order valence-electron chi connectivity index (χ2n) is 4.04. The predicted octanol–water partition coefficient (Wildman–Crippen LogP) is 1.68. The number of aliphatic hydroxyl groups is 2. The molecule has 0 saturated carbocycles. The molecule has 0 amide bonds. The summed E-state index contributed by atoms with van der Waals surface area (Å²) < 4.78 is 5.13. The quantitative estimate of drug-likeness (QED) is 0.852. The highest BCUT2D eigenvalue weighted by Gasteiger charge is 2.19. The average Bonchev–Trinajstić information content (AvgIpc) is 2.34. The van der Waals surface area contributed by atoms with Gasteiger partial charge in [0.15, 0.2) is 5.12 Å². The van der Waals surface area contributed by atoms with Crippen LogP contribution in [-0.4, -0.2) is 34.3 Å². The van der Waals surface area contributed by atoms with Crippen LogP contribution >= 0.6 is 11.8 Å². The lowest BCUT2D eigenvalue weighted by Crippen LogP contribution is -2.21. The van der Waals surface area contributed by atoms with Crippen LogP contribution in [0.1, 0.15) is 24.2 Å². The van der Waals surface area contributed by atoms with Gasteiger partial charge >= 0.3 is 0 Å². The van der Waals surface area contributed by atoms with E-state index >= 15 is 0 Å². The van der Waals surface area contributed by atoms with Gasteiger partial charge in [-0.3, -0.25) is 4.79 Å². The van der Waals surface area contributed by atoms with Gasteiger partial charge in [0.1, 0.15) is 11.9 Å². The number of hydrogen-bond donors (Lipinski definition) is 2. The molecule has 0 heterocycles. The van der Waals surface area contributed by atoms with Crippen LogP contribution in [0.3, 0.4) is 0 Å². The molecule has 0 bridgehead atoms. The van der Waals surface area contributed by atoms with Gasteiger partial charge < -0.3 is 14.9 Å². The molecule has 0 aromatic heterocycles. The summed E-state index contributed by atoms with van der Waals surface area (Å²) >= 11 is 1.00. The fourth-order valence-electron chi connectivity index (χ4n) is 1.60. The lowest BCUT2D eigenvalue weighted by atomic mass is 10.0. The van der Waals surface area contributed by atoms with E-state index in [1.807, 2.05) is 6.92 Å². The number of rotatable bonds is 5. The number of methoxy groups -OCH3 is 1. The van der Waals surface area contributed by atoms with Crippen molar-refractivity contribution in [3.63, 3.8) is 0 Å². The largest absolute Gasteiger partial charge is 0.496 e.